The van der Waals surface area contributed by atoms with Gasteiger partial charge in [-0.3, -0.25) is 0 Å². The van der Waals surface area contributed by atoms with Crippen LogP contribution >= 0.6 is 0 Å². The van der Waals surface area contributed by atoms with Crippen LogP contribution in [0.5, 0.6) is 0 Å². The van der Waals surface area contributed by atoms with Gasteiger partial charge in [-0.25, -0.2) is 4.79 Å². The van der Waals surface area contributed by atoms with Gasteiger partial charge in [0.25, 0.3) is 0 Å². The third-order valence-corrected chi connectivity index (χ3v) is 5.43. The predicted molar refractivity (Wildman–Crippen MR) is 90.0 cm³/mol. The molecule has 0 saturated heterocycles. The number of alkyl halides is 3. The van der Waals surface area contributed by atoms with Crippen LogP contribution in [0.15, 0.2) is 36.9 Å². The van der Waals surface area contributed by atoms with Crippen molar-refractivity contribution in [2.24, 2.45) is 5.41 Å². The quantitative estimate of drug-likeness (QED) is 0.723. The van der Waals surface area contributed by atoms with E-state index in [-0.39, 0.29) is 12.1 Å². The van der Waals surface area contributed by atoms with Crippen LogP contribution < -0.4 is 10.6 Å². The van der Waals surface area contributed by atoms with Crippen molar-refractivity contribution in [3.8, 4) is 0 Å². The van der Waals surface area contributed by atoms with Gasteiger partial charge in [0.05, 0.1) is 11.6 Å². The van der Waals surface area contributed by atoms with Gasteiger partial charge in [0, 0.05) is 6.04 Å². The van der Waals surface area contributed by atoms with Crippen LogP contribution in [0.25, 0.3) is 0 Å². The van der Waals surface area contributed by atoms with Gasteiger partial charge in [0.15, 0.2) is 0 Å². The van der Waals surface area contributed by atoms with Gasteiger partial charge >= 0.3 is 12.2 Å². The Labute approximate surface area is 145 Å². The Balaban J connectivity index is 1.61. The minimum atomic E-state index is -4.40. The van der Waals surface area contributed by atoms with Gasteiger partial charge < -0.3 is 10.6 Å². The Hall–Kier alpha value is -1.98. The minimum absolute atomic E-state index is 0.172. The molecule has 1 aromatic carbocycles. The minimum Gasteiger partial charge on any atom is -0.335 e. The van der Waals surface area contributed by atoms with Crippen molar-refractivity contribution in [2.75, 3.05) is 0 Å². The Kier molecular flexibility index (Phi) is 4.80. The van der Waals surface area contributed by atoms with Crippen LogP contribution in [-0.4, -0.2) is 12.1 Å². The lowest BCUT2D eigenvalue weighted by molar-refractivity contribution is -0.137. The molecule has 3 rings (SSSR count). The number of rotatable bonds is 5. The Morgan fingerprint density at radius 1 is 1.36 bits per heavy atom. The monoisotopic (exact) mass is 352 g/mol. The molecule has 1 unspecified atom stereocenters. The summed E-state index contributed by atoms with van der Waals surface area (Å²) in [5.41, 5.74) is 0.167. The lowest BCUT2D eigenvalue weighted by Gasteiger charge is -2.54. The van der Waals surface area contributed by atoms with Crippen LogP contribution in [0.3, 0.4) is 0 Å². The summed E-state index contributed by atoms with van der Waals surface area (Å²) in [6.07, 6.45) is 3.34. The van der Waals surface area contributed by atoms with Crippen molar-refractivity contribution in [3.63, 3.8) is 0 Å². The predicted octanol–water partition coefficient (Wildman–Crippen LogP) is 4.95. The van der Waals surface area contributed by atoms with Crippen LogP contribution in [0, 0.1) is 5.41 Å². The van der Waals surface area contributed by atoms with E-state index in [0.717, 1.165) is 25.0 Å². The number of nitrogens with one attached hydrogen (secondary N) is 2. The van der Waals surface area contributed by atoms with E-state index in [1.807, 2.05) is 0 Å². The molecule has 2 aliphatic carbocycles. The van der Waals surface area contributed by atoms with Crippen molar-refractivity contribution in [3.05, 3.63) is 48.0 Å². The molecule has 3 nitrogen and oxygen atoms in total. The van der Waals surface area contributed by atoms with E-state index in [1.54, 1.807) is 12.1 Å². The molecule has 2 saturated carbocycles. The molecule has 0 heterocycles. The zero-order valence-electron chi connectivity index (χ0n) is 14.0. The largest absolute Gasteiger partial charge is 0.416 e. The van der Waals surface area contributed by atoms with Crippen molar-refractivity contribution in [2.45, 2.75) is 56.8 Å². The third kappa shape index (κ3) is 3.99. The van der Waals surface area contributed by atoms with Crippen molar-refractivity contribution in [1.29, 1.82) is 0 Å². The molecule has 6 heteroatoms. The van der Waals surface area contributed by atoms with Crippen molar-refractivity contribution in [1.82, 2.24) is 10.6 Å². The van der Waals surface area contributed by atoms with Gasteiger partial charge in [-0.15, -0.1) is 6.58 Å². The van der Waals surface area contributed by atoms with Crippen molar-refractivity contribution < 1.29 is 18.0 Å². The van der Waals surface area contributed by atoms with Crippen LogP contribution in [0.1, 0.15) is 55.7 Å². The maximum atomic E-state index is 12.9. The normalized spacial score (nSPS) is 20.3. The highest BCUT2D eigenvalue weighted by atomic mass is 19.4. The number of hydrogen-bond acceptors (Lipinski definition) is 1. The fraction of sp³-hybridized carbons (Fsp3) is 0.526. The summed E-state index contributed by atoms with van der Waals surface area (Å²) in [6, 6.07) is 4.38. The molecule has 25 heavy (non-hydrogen) atoms. The number of hydrogen-bond donors (Lipinski definition) is 2. The Morgan fingerprint density at radius 3 is 2.64 bits per heavy atom. The van der Waals surface area contributed by atoms with Gasteiger partial charge in [0.2, 0.25) is 0 Å². The highest BCUT2D eigenvalue weighted by Gasteiger charge is 2.48. The van der Waals surface area contributed by atoms with Crippen LogP contribution in [0.4, 0.5) is 18.0 Å². The number of halogens is 3. The highest BCUT2D eigenvalue weighted by molar-refractivity contribution is 5.75. The average molecular weight is 352 g/mol. The number of amides is 2. The molecule has 0 bridgehead atoms. The number of carbonyl (C=O) groups excluding carboxylic acids is 1. The number of urea groups is 1. The van der Waals surface area contributed by atoms with Crippen molar-refractivity contribution >= 4 is 6.03 Å². The summed E-state index contributed by atoms with van der Waals surface area (Å²) in [6.45, 7) is 3.64. The number of benzene rings is 1. The number of carbonyl (C=O) groups is 1. The standard InChI is InChI=1S/C19H23F3N2O/c1-2-5-16(13-6-3-7-14(10-13)19(20,21)22)24-17(25)23-15-11-18(12-15)8-4-9-18/h2-3,6-7,10,15-16H,1,4-5,8-9,11-12H2,(H2,23,24,25). The first-order valence-electron chi connectivity index (χ1n) is 8.66. The van der Waals surface area contributed by atoms with Gasteiger partial charge in [-0.2, -0.15) is 13.2 Å². The Bertz CT molecular complexity index is 644. The molecule has 1 atom stereocenters. The van der Waals surface area contributed by atoms with E-state index in [4.69, 9.17) is 0 Å². The molecule has 1 aromatic rings. The molecule has 2 fully saturated rings. The highest BCUT2D eigenvalue weighted by Crippen LogP contribution is 2.55. The fourth-order valence-electron chi connectivity index (χ4n) is 3.93. The van der Waals surface area contributed by atoms with E-state index < -0.39 is 17.8 Å². The first kappa shape index (κ1) is 17.8. The second-order valence-corrected chi connectivity index (χ2v) is 7.28. The smallest absolute Gasteiger partial charge is 0.335 e. The van der Waals surface area contributed by atoms with E-state index in [0.29, 0.717) is 17.4 Å². The maximum Gasteiger partial charge on any atom is 0.416 e. The first-order valence-corrected chi connectivity index (χ1v) is 8.66. The molecule has 2 N–H and O–H groups in total. The summed E-state index contributed by atoms with van der Waals surface area (Å²) >= 11 is 0. The molecule has 2 amide bonds. The van der Waals surface area contributed by atoms with Crippen LogP contribution in [0.2, 0.25) is 0 Å². The molecular weight excluding hydrogens is 329 g/mol. The summed E-state index contributed by atoms with van der Waals surface area (Å²) in [4.78, 5) is 12.2. The molecule has 2 aliphatic rings. The Morgan fingerprint density at radius 2 is 2.08 bits per heavy atom. The first-order chi connectivity index (χ1) is 11.8. The molecular formula is C19H23F3N2O. The third-order valence-electron chi connectivity index (χ3n) is 5.43. The summed E-state index contributed by atoms with van der Waals surface area (Å²) < 4.78 is 38.7. The summed E-state index contributed by atoms with van der Waals surface area (Å²) in [7, 11) is 0. The van der Waals surface area contributed by atoms with Crippen LogP contribution in [-0.2, 0) is 6.18 Å². The maximum absolute atomic E-state index is 12.9. The average Bonchev–Trinajstić information content (AvgIpc) is 2.47. The van der Waals surface area contributed by atoms with E-state index >= 15 is 0 Å². The zero-order chi connectivity index (χ0) is 18.1. The van der Waals surface area contributed by atoms with E-state index in [9.17, 15) is 18.0 Å². The molecule has 0 aliphatic heterocycles. The van der Waals surface area contributed by atoms with E-state index in [1.165, 1.54) is 25.3 Å². The van der Waals surface area contributed by atoms with Gasteiger partial charge in [-0.1, -0.05) is 24.6 Å². The zero-order valence-corrected chi connectivity index (χ0v) is 14.0. The van der Waals surface area contributed by atoms with Gasteiger partial charge in [-0.05, 0) is 55.2 Å². The second kappa shape index (κ2) is 6.73. The van der Waals surface area contributed by atoms with E-state index in [2.05, 4.69) is 17.2 Å². The summed E-state index contributed by atoms with van der Waals surface area (Å²) in [5, 5.41) is 5.72. The van der Waals surface area contributed by atoms with Gasteiger partial charge in [0.1, 0.15) is 0 Å². The summed E-state index contributed by atoms with van der Waals surface area (Å²) in [5.74, 6) is 0. The SMILES string of the molecule is C=CCC(NC(=O)NC1CC2(CCC2)C1)c1cccc(C(F)(F)F)c1. The molecule has 0 aromatic heterocycles. The molecule has 1 spiro atoms. The lowest BCUT2D eigenvalue weighted by Crippen LogP contribution is -2.55. The second-order valence-electron chi connectivity index (χ2n) is 7.28. The lowest BCUT2D eigenvalue weighted by atomic mass is 9.54. The molecule has 0 radical (unpaired) electrons. The molecule has 136 valence electrons. The fourth-order valence-corrected chi connectivity index (χ4v) is 3.93. The topological polar surface area (TPSA) is 41.1 Å².